The maximum Gasteiger partial charge on any atom is 0.226 e. The van der Waals surface area contributed by atoms with E-state index < -0.39 is 0 Å². The largest absolute Gasteiger partial charge is 0.371 e. The average Bonchev–Trinajstić information content (AvgIpc) is 2.76. The van der Waals surface area contributed by atoms with Gasteiger partial charge in [-0.3, -0.25) is 9.69 Å². The molecule has 2 saturated heterocycles. The third-order valence-electron chi connectivity index (χ3n) is 4.32. The molecule has 1 aromatic rings. The number of nitrogens with one attached hydrogen (secondary N) is 1. The Balaban J connectivity index is 1.60. The number of nitrogens with zero attached hydrogens (tertiary/aromatic N) is 1. The number of hydrogen-bond donors (Lipinski definition) is 1. The summed E-state index contributed by atoms with van der Waals surface area (Å²) >= 11 is 0. The smallest absolute Gasteiger partial charge is 0.226 e. The fourth-order valence-electron chi connectivity index (χ4n) is 3.38. The van der Waals surface area contributed by atoms with Crippen molar-refractivity contribution >= 4 is 5.91 Å². The lowest BCUT2D eigenvalue weighted by Gasteiger charge is -2.32. The second-order valence-electron chi connectivity index (χ2n) is 6.62. The van der Waals surface area contributed by atoms with Gasteiger partial charge in [0.2, 0.25) is 5.91 Å². The van der Waals surface area contributed by atoms with E-state index in [1.165, 1.54) is 12.1 Å². The van der Waals surface area contributed by atoms with E-state index in [4.69, 9.17) is 4.74 Å². The molecule has 1 amide bonds. The molecule has 0 aliphatic carbocycles. The fourth-order valence-corrected chi connectivity index (χ4v) is 3.38. The number of ether oxygens (including phenoxy) is 1. The van der Waals surface area contributed by atoms with Gasteiger partial charge in [-0.15, -0.1) is 0 Å². The van der Waals surface area contributed by atoms with Crippen LogP contribution >= 0.6 is 0 Å². The first-order valence-electron chi connectivity index (χ1n) is 7.94. The van der Waals surface area contributed by atoms with Gasteiger partial charge in [0.05, 0.1) is 18.1 Å². The normalized spacial score (nSPS) is 28.1. The Kier molecular flexibility index (Phi) is 4.45. The van der Waals surface area contributed by atoms with E-state index in [1.54, 1.807) is 0 Å². The molecule has 0 aromatic heterocycles. The van der Waals surface area contributed by atoms with Crippen molar-refractivity contribution < 1.29 is 13.9 Å². The van der Waals surface area contributed by atoms with Crippen LogP contribution in [0.3, 0.4) is 0 Å². The topological polar surface area (TPSA) is 41.6 Å². The molecule has 3 rings (SSSR count). The van der Waals surface area contributed by atoms with Gasteiger partial charge in [-0.05, 0) is 38.0 Å². The number of halogens is 1. The first-order chi connectivity index (χ1) is 10.5. The van der Waals surface area contributed by atoms with Crippen LogP contribution in [0.4, 0.5) is 4.39 Å². The minimum Gasteiger partial charge on any atom is -0.371 e. The highest BCUT2D eigenvalue weighted by Crippen LogP contribution is 2.32. The lowest BCUT2D eigenvalue weighted by Crippen LogP contribution is -2.45. The molecule has 2 fully saturated rings. The fraction of sp³-hybridized carbons (Fsp3) is 0.588. The number of carbonyl (C=O) groups is 1. The van der Waals surface area contributed by atoms with Gasteiger partial charge < -0.3 is 10.1 Å². The van der Waals surface area contributed by atoms with Gasteiger partial charge in [0.25, 0.3) is 0 Å². The standard InChI is InChI=1S/C17H23FN2O2/c1-11(2)19-17(21)15-7-14-9-20(10-16(15)22-14)8-12-3-5-13(18)6-4-12/h3-6,11,14-16H,7-10H2,1-2H3,(H,19,21)/t14-,15+,16-/m0/s1. The van der Waals surface area contributed by atoms with Crippen LogP contribution in [0.25, 0.3) is 0 Å². The van der Waals surface area contributed by atoms with E-state index in [-0.39, 0.29) is 35.9 Å². The molecule has 2 aliphatic rings. The molecule has 0 unspecified atom stereocenters. The number of rotatable bonds is 4. The molecule has 120 valence electrons. The molecule has 5 heteroatoms. The van der Waals surface area contributed by atoms with Crippen LogP contribution in [0.2, 0.25) is 0 Å². The minimum atomic E-state index is -0.212. The van der Waals surface area contributed by atoms with Crippen LogP contribution in [0.5, 0.6) is 0 Å². The molecule has 4 nitrogen and oxygen atoms in total. The SMILES string of the molecule is CC(C)NC(=O)[C@@H]1C[C@H]2CN(Cc3ccc(F)cc3)C[C@@H]1O2. The van der Waals surface area contributed by atoms with Crippen molar-refractivity contribution in [3.05, 3.63) is 35.6 Å². The summed E-state index contributed by atoms with van der Waals surface area (Å²) in [5.74, 6) is -0.159. The second-order valence-corrected chi connectivity index (χ2v) is 6.62. The molecular weight excluding hydrogens is 283 g/mol. The van der Waals surface area contributed by atoms with Crippen molar-refractivity contribution in [3.63, 3.8) is 0 Å². The van der Waals surface area contributed by atoms with Crippen LogP contribution in [0, 0.1) is 11.7 Å². The Hall–Kier alpha value is -1.46. The average molecular weight is 306 g/mol. The maximum atomic E-state index is 13.0. The summed E-state index contributed by atoms with van der Waals surface area (Å²) in [5.41, 5.74) is 1.09. The van der Waals surface area contributed by atoms with Crippen molar-refractivity contribution in [1.29, 1.82) is 0 Å². The zero-order valence-corrected chi connectivity index (χ0v) is 13.1. The Morgan fingerprint density at radius 1 is 1.36 bits per heavy atom. The number of benzene rings is 1. The minimum absolute atomic E-state index is 0.0297. The van der Waals surface area contributed by atoms with E-state index in [1.807, 2.05) is 26.0 Å². The zero-order chi connectivity index (χ0) is 15.7. The molecule has 0 spiro atoms. The number of carbonyl (C=O) groups excluding carboxylic acids is 1. The van der Waals surface area contributed by atoms with Crippen molar-refractivity contribution in [2.45, 2.75) is 45.1 Å². The number of amides is 1. The van der Waals surface area contributed by atoms with Crippen molar-refractivity contribution in [3.8, 4) is 0 Å². The Labute approximate surface area is 130 Å². The summed E-state index contributed by atoms with van der Waals surface area (Å²) in [6.45, 7) is 6.31. The molecule has 22 heavy (non-hydrogen) atoms. The Morgan fingerprint density at radius 3 is 2.77 bits per heavy atom. The number of fused-ring (bicyclic) bond motifs is 2. The summed E-state index contributed by atoms with van der Waals surface area (Å²) in [6, 6.07) is 6.76. The van der Waals surface area contributed by atoms with Crippen LogP contribution in [0.15, 0.2) is 24.3 Å². The summed E-state index contributed by atoms with van der Waals surface area (Å²) in [4.78, 5) is 14.5. The predicted molar refractivity (Wildman–Crippen MR) is 81.7 cm³/mol. The highest BCUT2D eigenvalue weighted by molar-refractivity contribution is 5.80. The third kappa shape index (κ3) is 3.47. The molecule has 1 aromatic carbocycles. The van der Waals surface area contributed by atoms with Crippen molar-refractivity contribution in [2.75, 3.05) is 13.1 Å². The summed E-state index contributed by atoms with van der Waals surface area (Å²) in [5, 5.41) is 2.99. The van der Waals surface area contributed by atoms with Gasteiger partial charge in [0.1, 0.15) is 5.82 Å². The molecular formula is C17H23FN2O2. The summed E-state index contributed by atoms with van der Waals surface area (Å²) < 4.78 is 18.9. The van der Waals surface area contributed by atoms with E-state index in [0.29, 0.717) is 0 Å². The molecule has 2 aliphatic heterocycles. The molecule has 1 N–H and O–H groups in total. The van der Waals surface area contributed by atoms with Gasteiger partial charge in [-0.1, -0.05) is 12.1 Å². The number of hydrogen-bond acceptors (Lipinski definition) is 3. The van der Waals surface area contributed by atoms with E-state index >= 15 is 0 Å². The van der Waals surface area contributed by atoms with Crippen molar-refractivity contribution in [1.82, 2.24) is 10.2 Å². The van der Waals surface area contributed by atoms with E-state index in [0.717, 1.165) is 31.6 Å². The number of likely N-dealkylation sites (tertiary alicyclic amines) is 1. The summed E-state index contributed by atoms with van der Waals surface area (Å²) in [7, 11) is 0. The lowest BCUT2D eigenvalue weighted by atomic mass is 9.99. The van der Waals surface area contributed by atoms with Gasteiger partial charge >= 0.3 is 0 Å². The maximum absolute atomic E-state index is 13.0. The molecule has 2 heterocycles. The van der Waals surface area contributed by atoms with E-state index in [9.17, 15) is 9.18 Å². The molecule has 0 radical (unpaired) electrons. The Bertz CT molecular complexity index is 532. The van der Waals surface area contributed by atoms with Crippen LogP contribution in [0.1, 0.15) is 25.8 Å². The van der Waals surface area contributed by atoms with Gasteiger partial charge in [0.15, 0.2) is 0 Å². The number of morpholine rings is 1. The van der Waals surface area contributed by atoms with Crippen LogP contribution < -0.4 is 5.32 Å². The van der Waals surface area contributed by atoms with Crippen LogP contribution in [-0.2, 0) is 16.1 Å². The Morgan fingerprint density at radius 2 is 2.09 bits per heavy atom. The van der Waals surface area contributed by atoms with Crippen molar-refractivity contribution in [2.24, 2.45) is 5.92 Å². The predicted octanol–water partition coefficient (Wildman–Crippen LogP) is 1.94. The zero-order valence-electron chi connectivity index (χ0n) is 13.1. The highest BCUT2D eigenvalue weighted by Gasteiger charge is 2.44. The first kappa shape index (κ1) is 15.4. The highest BCUT2D eigenvalue weighted by atomic mass is 19.1. The first-order valence-corrected chi connectivity index (χ1v) is 7.94. The monoisotopic (exact) mass is 306 g/mol. The lowest BCUT2D eigenvalue weighted by molar-refractivity contribution is -0.128. The second kappa shape index (κ2) is 6.34. The molecule has 0 saturated carbocycles. The molecule has 2 bridgehead atoms. The van der Waals surface area contributed by atoms with Gasteiger partial charge in [0, 0.05) is 25.7 Å². The van der Waals surface area contributed by atoms with Gasteiger partial charge in [-0.25, -0.2) is 4.39 Å². The quantitative estimate of drug-likeness (QED) is 0.924. The summed E-state index contributed by atoms with van der Waals surface area (Å²) in [6.07, 6.45) is 0.892. The van der Waals surface area contributed by atoms with Gasteiger partial charge in [-0.2, -0.15) is 0 Å². The third-order valence-corrected chi connectivity index (χ3v) is 4.32. The van der Waals surface area contributed by atoms with E-state index in [2.05, 4.69) is 10.2 Å². The van der Waals surface area contributed by atoms with Crippen LogP contribution in [-0.4, -0.2) is 42.1 Å². The molecule has 3 atom stereocenters.